The summed E-state index contributed by atoms with van der Waals surface area (Å²) in [4.78, 5) is 20.5. The van der Waals surface area contributed by atoms with Crippen molar-refractivity contribution >= 4 is 29.0 Å². The Morgan fingerprint density at radius 1 is 1.26 bits per heavy atom. The number of amides is 1. The van der Waals surface area contributed by atoms with Crippen LogP contribution in [0.3, 0.4) is 0 Å². The molecule has 0 saturated heterocycles. The van der Waals surface area contributed by atoms with Crippen molar-refractivity contribution in [1.29, 1.82) is 0 Å². The lowest BCUT2D eigenvalue weighted by Gasteiger charge is -2.10. The molecule has 2 aromatic rings. The van der Waals surface area contributed by atoms with Crippen LogP contribution in [0.1, 0.15) is 36.3 Å². The highest BCUT2D eigenvalue weighted by Crippen LogP contribution is 2.20. The Kier molecular flexibility index (Phi) is 5.93. The molecular weight excluding hydrogens is 312 g/mol. The highest BCUT2D eigenvalue weighted by Gasteiger charge is 2.11. The molecule has 0 aliphatic carbocycles. The maximum atomic E-state index is 12.3. The van der Waals surface area contributed by atoms with Crippen LogP contribution in [0.25, 0.3) is 0 Å². The molecule has 0 aliphatic heterocycles. The summed E-state index contributed by atoms with van der Waals surface area (Å²) in [5.74, 6) is 0.969. The number of nitrogens with zero attached hydrogens (tertiary/aromatic N) is 2. The number of hydrogen-bond donors (Lipinski definition) is 2. The lowest BCUT2D eigenvalue weighted by atomic mass is 10.1. The fourth-order valence-corrected chi connectivity index (χ4v) is 2.15. The van der Waals surface area contributed by atoms with Gasteiger partial charge in [0.1, 0.15) is 17.8 Å². The maximum absolute atomic E-state index is 12.3. The Morgan fingerprint density at radius 2 is 2.04 bits per heavy atom. The van der Waals surface area contributed by atoms with Crippen molar-refractivity contribution in [3.05, 3.63) is 46.9 Å². The Hall–Kier alpha value is -2.14. The van der Waals surface area contributed by atoms with E-state index >= 15 is 0 Å². The van der Waals surface area contributed by atoms with Crippen LogP contribution in [-0.2, 0) is 0 Å². The molecule has 6 heteroatoms. The quantitative estimate of drug-likeness (QED) is 0.834. The van der Waals surface area contributed by atoms with Gasteiger partial charge in [0.05, 0.1) is 0 Å². The number of hydrogen-bond acceptors (Lipinski definition) is 4. The van der Waals surface area contributed by atoms with Gasteiger partial charge in [0.2, 0.25) is 0 Å². The summed E-state index contributed by atoms with van der Waals surface area (Å²) in [6.45, 7) is 7.04. The molecule has 0 spiro atoms. The summed E-state index contributed by atoms with van der Waals surface area (Å²) in [6, 6.07) is 7.01. The number of nitrogens with one attached hydrogen (secondary N) is 2. The molecule has 1 heterocycles. The Bertz CT molecular complexity index is 688. The average molecular weight is 333 g/mol. The molecule has 1 aromatic heterocycles. The topological polar surface area (TPSA) is 66.9 Å². The summed E-state index contributed by atoms with van der Waals surface area (Å²) in [7, 11) is 0. The van der Waals surface area contributed by atoms with Crippen molar-refractivity contribution < 1.29 is 4.79 Å². The molecule has 2 rings (SSSR count). The summed E-state index contributed by atoms with van der Waals surface area (Å²) >= 11 is 5.97. The largest absolute Gasteiger partial charge is 0.370 e. The van der Waals surface area contributed by atoms with Crippen molar-refractivity contribution in [2.45, 2.75) is 27.2 Å². The predicted octanol–water partition coefficient (Wildman–Crippen LogP) is 4.15. The Labute approximate surface area is 141 Å². The molecule has 5 nitrogen and oxygen atoms in total. The number of aryl methyl sites for hydroxylation is 1. The molecule has 1 amide bonds. The van der Waals surface area contributed by atoms with Gasteiger partial charge in [-0.1, -0.05) is 31.5 Å². The minimum absolute atomic E-state index is 0.287. The molecule has 0 aliphatic rings. The van der Waals surface area contributed by atoms with E-state index in [0.29, 0.717) is 28.1 Å². The zero-order valence-corrected chi connectivity index (χ0v) is 14.3. The number of rotatable bonds is 6. The summed E-state index contributed by atoms with van der Waals surface area (Å²) in [5.41, 5.74) is 1.92. The lowest BCUT2D eigenvalue weighted by Crippen LogP contribution is -2.15. The van der Waals surface area contributed by atoms with Crippen LogP contribution in [0.2, 0.25) is 5.02 Å². The standard InChI is InChI=1S/C17H21ClN4O/c1-11(2)6-7-19-16-9-15(20-10-21-16)17(23)22-14-8-13(18)5-4-12(14)3/h4-5,8-11H,6-7H2,1-3H3,(H,22,23)(H,19,20,21). The number of carbonyl (C=O) groups excluding carboxylic acids is 1. The van der Waals surface area contributed by atoms with Gasteiger partial charge in [-0.2, -0.15) is 0 Å². The highest BCUT2D eigenvalue weighted by molar-refractivity contribution is 6.31. The fourth-order valence-electron chi connectivity index (χ4n) is 1.98. The summed E-state index contributed by atoms with van der Waals surface area (Å²) in [6.07, 6.45) is 2.42. The van der Waals surface area contributed by atoms with Gasteiger partial charge in [-0.3, -0.25) is 4.79 Å². The van der Waals surface area contributed by atoms with Crippen LogP contribution in [-0.4, -0.2) is 22.4 Å². The van der Waals surface area contributed by atoms with Gasteiger partial charge in [0, 0.05) is 23.3 Å². The molecular formula is C17H21ClN4O. The van der Waals surface area contributed by atoms with Crippen molar-refractivity contribution in [3.8, 4) is 0 Å². The van der Waals surface area contributed by atoms with E-state index in [9.17, 15) is 4.79 Å². The number of halogens is 1. The summed E-state index contributed by atoms with van der Waals surface area (Å²) in [5, 5.41) is 6.60. The lowest BCUT2D eigenvalue weighted by molar-refractivity contribution is 0.102. The average Bonchev–Trinajstić information content (AvgIpc) is 2.51. The molecule has 0 radical (unpaired) electrons. The number of anilines is 2. The van der Waals surface area contributed by atoms with E-state index < -0.39 is 0 Å². The minimum atomic E-state index is -0.287. The molecule has 0 atom stereocenters. The molecule has 0 saturated carbocycles. The van der Waals surface area contributed by atoms with Gasteiger partial charge in [-0.05, 0) is 37.0 Å². The first-order valence-corrected chi connectivity index (χ1v) is 7.97. The monoisotopic (exact) mass is 332 g/mol. The van der Waals surface area contributed by atoms with Crippen molar-refractivity contribution in [3.63, 3.8) is 0 Å². The zero-order valence-electron chi connectivity index (χ0n) is 13.6. The van der Waals surface area contributed by atoms with E-state index in [4.69, 9.17) is 11.6 Å². The summed E-state index contributed by atoms with van der Waals surface area (Å²) < 4.78 is 0. The molecule has 0 fully saturated rings. The van der Waals surface area contributed by atoms with Gasteiger partial charge in [0.15, 0.2) is 0 Å². The van der Waals surface area contributed by atoms with Crippen LogP contribution in [0.4, 0.5) is 11.5 Å². The molecule has 23 heavy (non-hydrogen) atoms. The highest BCUT2D eigenvalue weighted by atomic mass is 35.5. The zero-order chi connectivity index (χ0) is 16.8. The molecule has 122 valence electrons. The van der Waals surface area contributed by atoms with E-state index in [-0.39, 0.29) is 5.91 Å². The Morgan fingerprint density at radius 3 is 2.78 bits per heavy atom. The third kappa shape index (κ3) is 5.21. The molecule has 1 aromatic carbocycles. The van der Waals surface area contributed by atoms with Crippen LogP contribution in [0, 0.1) is 12.8 Å². The van der Waals surface area contributed by atoms with Crippen molar-refractivity contribution in [2.24, 2.45) is 5.92 Å². The molecule has 0 bridgehead atoms. The van der Waals surface area contributed by atoms with Gasteiger partial charge < -0.3 is 10.6 Å². The second-order valence-electron chi connectivity index (χ2n) is 5.81. The number of carbonyl (C=O) groups is 1. The fraction of sp³-hybridized carbons (Fsp3) is 0.353. The van der Waals surface area contributed by atoms with Gasteiger partial charge in [-0.25, -0.2) is 9.97 Å². The van der Waals surface area contributed by atoms with Crippen LogP contribution < -0.4 is 10.6 Å². The number of benzene rings is 1. The molecule has 0 unspecified atom stereocenters. The third-order valence-corrected chi connectivity index (χ3v) is 3.61. The van der Waals surface area contributed by atoms with E-state index in [2.05, 4.69) is 34.4 Å². The first-order chi connectivity index (χ1) is 11.0. The van der Waals surface area contributed by atoms with E-state index in [1.165, 1.54) is 6.33 Å². The van der Waals surface area contributed by atoms with Crippen LogP contribution in [0.5, 0.6) is 0 Å². The van der Waals surface area contributed by atoms with Crippen LogP contribution in [0.15, 0.2) is 30.6 Å². The van der Waals surface area contributed by atoms with Crippen molar-refractivity contribution in [1.82, 2.24) is 9.97 Å². The normalized spacial score (nSPS) is 10.7. The van der Waals surface area contributed by atoms with E-state index in [1.807, 2.05) is 13.0 Å². The second-order valence-corrected chi connectivity index (χ2v) is 6.25. The maximum Gasteiger partial charge on any atom is 0.274 e. The van der Waals surface area contributed by atoms with Crippen molar-refractivity contribution in [2.75, 3.05) is 17.2 Å². The van der Waals surface area contributed by atoms with Crippen LogP contribution >= 0.6 is 11.6 Å². The predicted molar refractivity (Wildman–Crippen MR) is 94.1 cm³/mol. The van der Waals surface area contributed by atoms with Gasteiger partial charge in [-0.15, -0.1) is 0 Å². The minimum Gasteiger partial charge on any atom is -0.370 e. The Balaban J connectivity index is 2.06. The molecule has 2 N–H and O–H groups in total. The number of aromatic nitrogens is 2. The van der Waals surface area contributed by atoms with Gasteiger partial charge in [0.25, 0.3) is 5.91 Å². The first-order valence-electron chi connectivity index (χ1n) is 7.59. The SMILES string of the molecule is Cc1ccc(Cl)cc1NC(=O)c1cc(NCCC(C)C)ncn1. The second kappa shape index (κ2) is 7.92. The smallest absolute Gasteiger partial charge is 0.274 e. The van der Waals surface area contributed by atoms with E-state index in [0.717, 1.165) is 18.5 Å². The third-order valence-electron chi connectivity index (χ3n) is 3.38. The first kappa shape index (κ1) is 17.2. The van der Waals surface area contributed by atoms with Gasteiger partial charge >= 0.3 is 0 Å². The van der Waals surface area contributed by atoms with E-state index in [1.54, 1.807) is 18.2 Å².